The lowest BCUT2D eigenvalue weighted by Gasteiger charge is -2.19. The molecule has 2 aromatic carbocycles. The number of ether oxygens (including phenoxy) is 2. The Hall–Kier alpha value is -2.98. The maximum absolute atomic E-state index is 8.58. The zero-order valence-electron chi connectivity index (χ0n) is 13.9. The van der Waals surface area contributed by atoms with Gasteiger partial charge in [-0.25, -0.2) is 0 Å². The van der Waals surface area contributed by atoms with E-state index in [1.165, 1.54) is 11.1 Å². The van der Waals surface area contributed by atoms with Gasteiger partial charge in [-0.1, -0.05) is 44.5 Å². The molecule has 0 saturated heterocycles. The van der Waals surface area contributed by atoms with E-state index in [0.29, 0.717) is 17.4 Å². The first-order chi connectivity index (χ1) is 11.6. The molecule has 0 unspecified atom stereocenters. The molecule has 4 heteroatoms. The van der Waals surface area contributed by atoms with Gasteiger partial charge in [-0.3, -0.25) is 0 Å². The fourth-order valence-corrected chi connectivity index (χ4v) is 2.67. The van der Waals surface area contributed by atoms with E-state index in [0.717, 1.165) is 12.8 Å². The second-order valence-corrected chi connectivity index (χ2v) is 6.05. The molecule has 0 fully saturated rings. The monoisotopic (exact) mass is 320 g/mol. The van der Waals surface area contributed by atoms with E-state index in [1.807, 2.05) is 48.5 Å². The molecule has 24 heavy (non-hydrogen) atoms. The number of nitriles is 2. The van der Waals surface area contributed by atoms with Crippen molar-refractivity contribution in [2.45, 2.75) is 32.6 Å². The number of hydrogen-bond acceptors (Lipinski definition) is 4. The summed E-state index contributed by atoms with van der Waals surface area (Å²) in [5.74, 6) is 1.96. The van der Waals surface area contributed by atoms with Crippen LogP contribution in [0.2, 0.25) is 0 Å². The van der Waals surface area contributed by atoms with Gasteiger partial charge in [-0.05, 0) is 47.7 Å². The van der Waals surface area contributed by atoms with Gasteiger partial charge in [-0.2, -0.15) is 0 Å². The molecule has 4 nitrogen and oxygen atoms in total. The molecule has 0 atom stereocenters. The number of hydrogen-bond donors (Lipinski definition) is 0. The van der Waals surface area contributed by atoms with Crippen molar-refractivity contribution in [3.05, 3.63) is 59.7 Å². The van der Waals surface area contributed by atoms with Gasteiger partial charge < -0.3 is 9.47 Å². The molecule has 0 N–H and O–H groups in total. The third-order valence-corrected chi connectivity index (χ3v) is 3.92. The van der Waals surface area contributed by atoms with E-state index in [1.54, 1.807) is 12.5 Å². The Balaban J connectivity index is 2.26. The summed E-state index contributed by atoms with van der Waals surface area (Å²) in [6, 6.07) is 15.2. The SMILES string of the molecule is CC(C)CCC(c1ccc(OC#N)cc1)c1ccc(OC#N)cc1. The van der Waals surface area contributed by atoms with Crippen molar-refractivity contribution in [3.8, 4) is 24.0 Å². The summed E-state index contributed by atoms with van der Waals surface area (Å²) in [5, 5.41) is 17.2. The smallest absolute Gasteiger partial charge is 0.292 e. The minimum absolute atomic E-state index is 0.250. The lowest BCUT2D eigenvalue weighted by molar-refractivity contribution is 0.504. The molecule has 0 spiro atoms. The molecule has 122 valence electrons. The summed E-state index contributed by atoms with van der Waals surface area (Å²) in [4.78, 5) is 0. The molecule has 2 rings (SSSR count). The van der Waals surface area contributed by atoms with Crippen molar-refractivity contribution in [2.75, 3.05) is 0 Å². The summed E-state index contributed by atoms with van der Waals surface area (Å²) < 4.78 is 9.69. The summed E-state index contributed by atoms with van der Waals surface area (Å²) in [7, 11) is 0. The Labute approximate surface area is 142 Å². The fraction of sp³-hybridized carbons (Fsp3) is 0.300. The van der Waals surface area contributed by atoms with E-state index < -0.39 is 0 Å². The number of benzene rings is 2. The van der Waals surface area contributed by atoms with Gasteiger partial charge in [0, 0.05) is 5.92 Å². The van der Waals surface area contributed by atoms with Crippen LogP contribution in [0.5, 0.6) is 11.5 Å². The molecule has 0 aromatic heterocycles. The predicted molar refractivity (Wildman–Crippen MR) is 91.3 cm³/mol. The summed E-state index contributed by atoms with van der Waals surface area (Å²) in [6.07, 6.45) is 5.50. The molecule has 0 saturated carbocycles. The largest absolute Gasteiger partial charge is 0.388 e. The van der Waals surface area contributed by atoms with Gasteiger partial charge in [0.25, 0.3) is 12.5 Å². The summed E-state index contributed by atoms with van der Waals surface area (Å²) in [6.45, 7) is 4.43. The van der Waals surface area contributed by atoms with Crippen LogP contribution in [0.3, 0.4) is 0 Å². The first-order valence-corrected chi connectivity index (χ1v) is 7.95. The van der Waals surface area contributed by atoms with Crippen molar-refractivity contribution in [1.82, 2.24) is 0 Å². The van der Waals surface area contributed by atoms with Crippen LogP contribution >= 0.6 is 0 Å². The van der Waals surface area contributed by atoms with E-state index in [-0.39, 0.29) is 5.92 Å². The van der Waals surface area contributed by atoms with Crippen LogP contribution in [-0.4, -0.2) is 0 Å². The lowest BCUT2D eigenvalue weighted by atomic mass is 9.85. The molecule has 0 radical (unpaired) electrons. The molecule has 0 aliphatic heterocycles. The highest BCUT2D eigenvalue weighted by Gasteiger charge is 2.15. The quantitative estimate of drug-likeness (QED) is 0.675. The van der Waals surface area contributed by atoms with Crippen LogP contribution in [0.1, 0.15) is 43.7 Å². The Morgan fingerprint density at radius 2 is 1.17 bits per heavy atom. The predicted octanol–water partition coefficient (Wildman–Crippen LogP) is 4.97. The third-order valence-electron chi connectivity index (χ3n) is 3.92. The Morgan fingerprint density at radius 1 is 0.750 bits per heavy atom. The minimum Gasteiger partial charge on any atom is -0.388 e. The average molecular weight is 320 g/mol. The average Bonchev–Trinajstić information content (AvgIpc) is 2.58. The first kappa shape index (κ1) is 17.4. The Bertz CT molecular complexity index is 663. The highest BCUT2D eigenvalue weighted by Crippen LogP contribution is 2.32. The van der Waals surface area contributed by atoms with Gasteiger partial charge in [0.1, 0.15) is 11.5 Å². The molecule has 0 aliphatic carbocycles. The van der Waals surface area contributed by atoms with Crippen molar-refractivity contribution in [3.63, 3.8) is 0 Å². The molecule has 0 amide bonds. The van der Waals surface area contributed by atoms with Gasteiger partial charge >= 0.3 is 0 Å². The van der Waals surface area contributed by atoms with E-state index in [2.05, 4.69) is 13.8 Å². The van der Waals surface area contributed by atoms with E-state index in [4.69, 9.17) is 20.0 Å². The minimum atomic E-state index is 0.250. The first-order valence-electron chi connectivity index (χ1n) is 7.95. The van der Waals surface area contributed by atoms with Crippen LogP contribution in [0.4, 0.5) is 0 Å². The molecule has 0 heterocycles. The van der Waals surface area contributed by atoms with Crippen molar-refractivity contribution >= 4 is 0 Å². The zero-order chi connectivity index (χ0) is 17.4. The van der Waals surface area contributed by atoms with Gasteiger partial charge in [0.15, 0.2) is 0 Å². The Morgan fingerprint density at radius 3 is 1.50 bits per heavy atom. The second-order valence-electron chi connectivity index (χ2n) is 6.05. The Kier molecular flexibility index (Phi) is 6.23. The zero-order valence-corrected chi connectivity index (χ0v) is 13.9. The van der Waals surface area contributed by atoms with Gasteiger partial charge in [-0.15, -0.1) is 10.5 Å². The molecular weight excluding hydrogens is 300 g/mol. The normalized spacial score (nSPS) is 10.2. The fourth-order valence-electron chi connectivity index (χ4n) is 2.67. The van der Waals surface area contributed by atoms with Gasteiger partial charge in [0.2, 0.25) is 0 Å². The van der Waals surface area contributed by atoms with Gasteiger partial charge in [0.05, 0.1) is 0 Å². The molecule has 0 aliphatic rings. The topological polar surface area (TPSA) is 66.0 Å². The third kappa shape index (κ3) is 4.76. The molecular formula is C20H20N2O2. The summed E-state index contributed by atoms with van der Waals surface area (Å²) >= 11 is 0. The van der Waals surface area contributed by atoms with E-state index >= 15 is 0 Å². The van der Waals surface area contributed by atoms with Crippen LogP contribution in [0.15, 0.2) is 48.5 Å². The standard InChI is InChI=1S/C20H20N2O2/c1-15(2)3-12-20(16-4-8-18(9-5-16)23-13-21)17-6-10-19(11-7-17)24-14-22/h4-11,15,20H,3,12H2,1-2H3. The van der Waals surface area contributed by atoms with E-state index in [9.17, 15) is 0 Å². The van der Waals surface area contributed by atoms with Crippen molar-refractivity contribution in [2.24, 2.45) is 5.92 Å². The maximum atomic E-state index is 8.58. The molecule has 2 aromatic rings. The number of rotatable bonds is 7. The molecule has 0 bridgehead atoms. The lowest BCUT2D eigenvalue weighted by Crippen LogP contribution is -2.03. The van der Waals surface area contributed by atoms with Crippen molar-refractivity contribution < 1.29 is 9.47 Å². The highest BCUT2D eigenvalue weighted by molar-refractivity contribution is 5.38. The maximum Gasteiger partial charge on any atom is 0.292 e. The highest BCUT2D eigenvalue weighted by atomic mass is 16.5. The van der Waals surface area contributed by atoms with Crippen LogP contribution in [0.25, 0.3) is 0 Å². The van der Waals surface area contributed by atoms with Crippen LogP contribution in [0, 0.1) is 29.0 Å². The summed E-state index contributed by atoms with van der Waals surface area (Å²) in [5.41, 5.74) is 2.35. The number of nitrogens with zero attached hydrogens (tertiary/aromatic N) is 2. The van der Waals surface area contributed by atoms with Crippen LogP contribution < -0.4 is 9.47 Å². The van der Waals surface area contributed by atoms with Crippen molar-refractivity contribution in [1.29, 1.82) is 10.5 Å². The second kappa shape index (κ2) is 8.60. The van der Waals surface area contributed by atoms with Crippen LogP contribution in [-0.2, 0) is 0 Å².